The molecule has 0 fully saturated rings. The van der Waals surface area contributed by atoms with Crippen molar-refractivity contribution in [1.29, 1.82) is 5.26 Å². The first kappa shape index (κ1) is 12.1. The summed E-state index contributed by atoms with van der Waals surface area (Å²) in [5.74, 6) is 0. The van der Waals surface area contributed by atoms with Crippen LogP contribution >= 0.6 is 11.8 Å². The molecule has 0 atom stereocenters. The number of nitrogens with zero attached hydrogens (tertiary/aromatic N) is 1. The SMILES string of the molecule is CC.CSc1cc(C)ccc1C#N. The Morgan fingerprint density at radius 3 is 2.38 bits per heavy atom. The van der Waals surface area contributed by atoms with Gasteiger partial charge in [-0.1, -0.05) is 19.9 Å². The van der Waals surface area contributed by atoms with Gasteiger partial charge in [0, 0.05) is 4.90 Å². The van der Waals surface area contributed by atoms with Crippen molar-refractivity contribution in [3.8, 4) is 6.07 Å². The Morgan fingerprint density at radius 1 is 1.31 bits per heavy atom. The number of rotatable bonds is 1. The highest BCUT2D eigenvalue weighted by molar-refractivity contribution is 7.98. The summed E-state index contributed by atoms with van der Waals surface area (Å²) >= 11 is 1.61. The quantitative estimate of drug-likeness (QED) is 0.636. The van der Waals surface area contributed by atoms with Crippen LogP contribution in [0, 0.1) is 18.3 Å². The Bertz CT molecular complexity index is 299. The van der Waals surface area contributed by atoms with Crippen LogP contribution in [0.1, 0.15) is 25.0 Å². The standard InChI is InChI=1S/C9H9NS.C2H6/c1-7-3-4-8(6-10)9(5-7)11-2;1-2/h3-5H,1-2H3;1-2H3. The molecule has 0 heterocycles. The van der Waals surface area contributed by atoms with Crippen molar-refractivity contribution < 1.29 is 0 Å². The minimum absolute atomic E-state index is 0.767. The average molecular weight is 193 g/mol. The number of nitriles is 1. The highest BCUT2D eigenvalue weighted by atomic mass is 32.2. The number of thioether (sulfide) groups is 1. The minimum Gasteiger partial charge on any atom is -0.192 e. The third-order valence-corrected chi connectivity index (χ3v) is 2.26. The van der Waals surface area contributed by atoms with E-state index in [0.29, 0.717) is 0 Å². The Kier molecular flexibility index (Phi) is 6.09. The van der Waals surface area contributed by atoms with E-state index in [1.807, 2.05) is 45.2 Å². The van der Waals surface area contributed by atoms with E-state index in [1.54, 1.807) is 11.8 Å². The van der Waals surface area contributed by atoms with Crippen LogP contribution < -0.4 is 0 Å². The first-order chi connectivity index (χ1) is 6.27. The maximum atomic E-state index is 8.68. The lowest BCUT2D eigenvalue weighted by atomic mass is 10.2. The first-order valence-electron chi connectivity index (χ1n) is 4.32. The smallest absolute Gasteiger partial charge is 0.100 e. The van der Waals surface area contributed by atoms with E-state index in [2.05, 4.69) is 6.07 Å². The molecule has 0 saturated heterocycles. The molecule has 1 nitrogen and oxygen atoms in total. The molecule has 0 aliphatic rings. The summed E-state index contributed by atoms with van der Waals surface area (Å²) < 4.78 is 0. The van der Waals surface area contributed by atoms with E-state index in [1.165, 1.54) is 5.56 Å². The van der Waals surface area contributed by atoms with Crippen LogP contribution in [0.25, 0.3) is 0 Å². The van der Waals surface area contributed by atoms with E-state index in [-0.39, 0.29) is 0 Å². The molecule has 0 amide bonds. The van der Waals surface area contributed by atoms with Gasteiger partial charge < -0.3 is 0 Å². The maximum absolute atomic E-state index is 8.68. The zero-order valence-corrected chi connectivity index (χ0v) is 9.40. The van der Waals surface area contributed by atoms with Gasteiger partial charge in [0.1, 0.15) is 6.07 Å². The zero-order valence-electron chi connectivity index (χ0n) is 8.59. The molecule has 0 aliphatic carbocycles. The number of aryl methyl sites for hydroxylation is 1. The number of hydrogen-bond acceptors (Lipinski definition) is 2. The van der Waals surface area contributed by atoms with Crippen molar-refractivity contribution in [2.24, 2.45) is 0 Å². The molecule has 0 unspecified atom stereocenters. The minimum atomic E-state index is 0.767. The molecule has 13 heavy (non-hydrogen) atoms. The molecular formula is C11H15NS. The first-order valence-corrected chi connectivity index (χ1v) is 5.55. The van der Waals surface area contributed by atoms with Gasteiger partial charge in [-0.05, 0) is 30.9 Å². The summed E-state index contributed by atoms with van der Waals surface area (Å²) in [6, 6.07) is 8.00. The molecule has 2 heteroatoms. The molecule has 1 aromatic rings. The van der Waals surface area contributed by atoms with Gasteiger partial charge in [-0.25, -0.2) is 0 Å². The summed E-state index contributed by atoms with van der Waals surface area (Å²) in [5.41, 5.74) is 1.97. The lowest BCUT2D eigenvalue weighted by Crippen LogP contribution is -1.80. The van der Waals surface area contributed by atoms with Crippen LogP contribution in [0.15, 0.2) is 23.1 Å². The highest BCUT2D eigenvalue weighted by Crippen LogP contribution is 2.20. The molecule has 0 bridgehead atoms. The predicted octanol–water partition coefficient (Wildman–Crippen LogP) is 3.61. The molecule has 0 radical (unpaired) electrons. The second-order valence-corrected chi connectivity index (χ2v) is 3.16. The monoisotopic (exact) mass is 193 g/mol. The number of hydrogen-bond donors (Lipinski definition) is 0. The fraction of sp³-hybridized carbons (Fsp3) is 0.364. The van der Waals surface area contributed by atoms with Crippen molar-refractivity contribution in [2.75, 3.05) is 6.26 Å². The summed E-state index contributed by atoms with van der Waals surface area (Å²) in [6.07, 6.45) is 1.98. The van der Waals surface area contributed by atoms with E-state index < -0.39 is 0 Å². The maximum Gasteiger partial charge on any atom is 0.100 e. The third-order valence-electron chi connectivity index (χ3n) is 1.48. The second-order valence-electron chi connectivity index (χ2n) is 2.32. The van der Waals surface area contributed by atoms with Crippen molar-refractivity contribution in [3.05, 3.63) is 29.3 Å². The molecular weight excluding hydrogens is 178 g/mol. The molecule has 0 spiro atoms. The number of benzene rings is 1. The van der Waals surface area contributed by atoms with Gasteiger partial charge in [-0.15, -0.1) is 11.8 Å². The zero-order chi connectivity index (χ0) is 10.3. The van der Waals surface area contributed by atoms with E-state index >= 15 is 0 Å². The fourth-order valence-corrected chi connectivity index (χ4v) is 1.53. The van der Waals surface area contributed by atoms with Crippen molar-refractivity contribution in [3.63, 3.8) is 0 Å². The molecule has 70 valence electrons. The van der Waals surface area contributed by atoms with Gasteiger partial charge in [-0.2, -0.15) is 5.26 Å². The summed E-state index contributed by atoms with van der Waals surface area (Å²) in [5, 5.41) is 8.68. The van der Waals surface area contributed by atoms with E-state index in [9.17, 15) is 0 Å². The summed E-state index contributed by atoms with van der Waals surface area (Å²) in [7, 11) is 0. The van der Waals surface area contributed by atoms with Crippen LogP contribution in [-0.4, -0.2) is 6.26 Å². The van der Waals surface area contributed by atoms with Crippen LogP contribution in [0.2, 0.25) is 0 Å². The Labute approximate surface area is 84.8 Å². The Balaban J connectivity index is 0.000000671. The van der Waals surface area contributed by atoms with Crippen molar-refractivity contribution in [2.45, 2.75) is 25.7 Å². The van der Waals surface area contributed by atoms with Gasteiger partial charge in [-0.3, -0.25) is 0 Å². The second kappa shape index (κ2) is 6.56. The van der Waals surface area contributed by atoms with Gasteiger partial charge in [0.15, 0.2) is 0 Å². The van der Waals surface area contributed by atoms with Crippen molar-refractivity contribution >= 4 is 11.8 Å². The van der Waals surface area contributed by atoms with Crippen LogP contribution in [0.4, 0.5) is 0 Å². The molecule has 0 saturated carbocycles. The fourth-order valence-electron chi connectivity index (χ4n) is 0.891. The molecule has 1 rings (SSSR count). The van der Waals surface area contributed by atoms with E-state index in [0.717, 1.165) is 10.5 Å². The van der Waals surface area contributed by atoms with Gasteiger partial charge in [0.2, 0.25) is 0 Å². The summed E-state index contributed by atoms with van der Waals surface area (Å²) in [4.78, 5) is 1.06. The van der Waals surface area contributed by atoms with E-state index in [4.69, 9.17) is 5.26 Å². The van der Waals surface area contributed by atoms with Gasteiger partial charge in [0.25, 0.3) is 0 Å². The lowest BCUT2D eigenvalue weighted by molar-refractivity contribution is 1.31. The van der Waals surface area contributed by atoms with Crippen LogP contribution in [0.3, 0.4) is 0 Å². The summed E-state index contributed by atoms with van der Waals surface area (Å²) in [6.45, 7) is 6.03. The average Bonchev–Trinajstić information content (AvgIpc) is 2.20. The highest BCUT2D eigenvalue weighted by Gasteiger charge is 1.98. The van der Waals surface area contributed by atoms with Crippen molar-refractivity contribution in [1.82, 2.24) is 0 Å². The Hall–Kier alpha value is -0.940. The van der Waals surface area contributed by atoms with Gasteiger partial charge in [0.05, 0.1) is 5.56 Å². The topological polar surface area (TPSA) is 23.8 Å². The molecule has 1 aromatic carbocycles. The molecule has 0 aliphatic heterocycles. The molecule has 0 N–H and O–H groups in total. The van der Waals surface area contributed by atoms with Crippen LogP contribution in [0.5, 0.6) is 0 Å². The molecule has 0 aromatic heterocycles. The third kappa shape index (κ3) is 3.52. The van der Waals surface area contributed by atoms with Crippen LogP contribution in [-0.2, 0) is 0 Å². The Morgan fingerprint density at radius 2 is 1.92 bits per heavy atom. The predicted molar refractivity (Wildman–Crippen MR) is 59.0 cm³/mol. The van der Waals surface area contributed by atoms with Gasteiger partial charge >= 0.3 is 0 Å². The largest absolute Gasteiger partial charge is 0.192 e. The lowest BCUT2D eigenvalue weighted by Gasteiger charge is -1.99. The normalized spacial score (nSPS) is 8.23.